The summed E-state index contributed by atoms with van der Waals surface area (Å²) in [5.74, 6) is 0. The number of hydrogen-bond acceptors (Lipinski definition) is 1. The Labute approximate surface area is 72.9 Å². The molecule has 0 aliphatic rings. The summed E-state index contributed by atoms with van der Waals surface area (Å²) in [6.07, 6.45) is 1.56. The van der Waals surface area contributed by atoms with E-state index >= 15 is 0 Å². The lowest BCUT2D eigenvalue weighted by Crippen LogP contribution is -2.21. The zero-order valence-corrected chi connectivity index (χ0v) is 7.73. The van der Waals surface area contributed by atoms with Gasteiger partial charge in [0.15, 0.2) is 5.29 Å². The van der Waals surface area contributed by atoms with E-state index < -0.39 is 0 Å². The first-order valence-corrected chi connectivity index (χ1v) is 3.76. The molecule has 11 heavy (non-hydrogen) atoms. The standard InChI is InChI=1S/C8H13ClN2/c1-5-7(3)10-8(9)11(4)6-2/h5H,1,3,6H2,2,4H3. The highest BCUT2D eigenvalue weighted by Gasteiger charge is 1.98. The average Bonchev–Trinajstić information content (AvgIpc) is 2.02. The van der Waals surface area contributed by atoms with E-state index in [4.69, 9.17) is 11.6 Å². The van der Waals surface area contributed by atoms with Crippen LogP contribution < -0.4 is 0 Å². The Kier molecular flexibility index (Phi) is 4.62. The van der Waals surface area contributed by atoms with Crippen molar-refractivity contribution in [1.29, 1.82) is 0 Å². The first-order valence-electron chi connectivity index (χ1n) is 3.38. The highest BCUT2D eigenvalue weighted by Crippen LogP contribution is 2.00. The monoisotopic (exact) mass is 172 g/mol. The molecular weight excluding hydrogens is 160 g/mol. The van der Waals surface area contributed by atoms with Gasteiger partial charge < -0.3 is 4.90 Å². The van der Waals surface area contributed by atoms with Crippen LogP contribution >= 0.6 is 11.6 Å². The molecule has 0 amide bonds. The van der Waals surface area contributed by atoms with E-state index in [1.54, 1.807) is 6.08 Å². The average molecular weight is 173 g/mol. The summed E-state index contributed by atoms with van der Waals surface area (Å²) in [5, 5.41) is 0.442. The summed E-state index contributed by atoms with van der Waals surface area (Å²) in [6, 6.07) is 0. The second-order valence-corrected chi connectivity index (χ2v) is 2.43. The van der Waals surface area contributed by atoms with Gasteiger partial charge in [-0.25, -0.2) is 4.99 Å². The summed E-state index contributed by atoms with van der Waals surface area (Å²) in [5.41, 5.74) is 0.579. The summed E-state index contributed by atoms with van der Waals surface area (Å²) >= 11 is 5.77. The Morgan fingerprint density at radius 3 is 2.64 bits per heavy atom. The van der Waals surface area contributed by atoms with Crippen LogP contribution in [0.3, 0.4) is 0 Å². The van der Waals surface area contributed by atoms with Gasteiger partial charge in [0.2, 0.25) is 0 Å². The normalized spacial score (nSPS) is 11.0. The number of halogens is 1. The van der Waals surface area contributed by atoms with Gasteiger partial charge in [0.25, 0.3) is 0 Å². The molecule has 0 saturated carbocycles. The maximum atomic E-state index is 5.77. The van der Waals surface area contributed by atoms with Crippen molar-refractivity contribution in [3.8, 4) is 0 Å². The van der Waals surface area contributed by atoms with Gasteiger partial charge in [0.1, 0.15) is 0 Å². The van der Waals surface area contributed by atoms with Crippen molar-refractivity contribution in [2.45, 2.75) is 6.92 Å². The molecule has 62 valence electrons. The van der Waals surface area contributed by atoms with Crippen LogP contribution in [0, 0.1) is 0 Å². The zero-order chi connectivity index (χ0) is 8.85. The lowest BCUT2D eigenvalue weighted by molar-refractivity contribution is 0.544. The topological polar surface area (TPSA) is 15.6 Å². The van der Waals surface area contributed by atoms with Crippen LogP contribution in [0.1, 0.15) is 6.92 Å². The molecule has 0 spiro atoms. The van der Waals surface area contributed by atoms with Gasteiger partial charge in [-0.05, 0) is 24.6 Å². The third-order valence-corrected chi connectivity index (χ3v) is 1.63. The van der Waals surface area contributed by atoms with E-state index in [0.717, 1.165) is 6.54 Å². The number of nitrogens with zero attached hydrogens (tertiary/aromatic N) is 2. The Balaban J connectivity index is 4.20. The second kappa shape index (κ2) is 4.97. The molecule has 3 heteroatoms. The van der Waals surface area contributed by atoms with E-state index in [9.17, 15) is 0 Å². The quantitative estimate of drug-likeness (QED) is 0.276. The van der Waals surface area contributed by atoms with Gasteiger partial charge in [0, 0.05) is 13.6 Å². The number of aliphatic imine (C=N–C) groups is 1. The van der Waals surface area contributed by atoms with Gasteiger partial charge in [-0.1, -0.05) is 13.2 Å². The first-order chi connectivity index (χ1) is 5.11. The van der Waals surface area contributed by atoms with Crippen LogP contribution in [-0.4, -0.2) is 23.8 Å². The molecule has 0 aliphatic heterocycles. The lowest BCUT2D eigenvalue weighted by Gasteiger charge is -2.12. The van der Waals surface area contributed by atoms with Gasteiger partial charge in [0.05, 0.1) is 5.70 Å². The minimum absolute atomic E-state index is 0.442. The van der Waals surface area contributed by atoms with Crippen LogP contribution in [-0.2, 0) is 0 Å². The fraction of sp³-hybridized carbons (Fsp3) is 0.375. The number of hydrogen-bond donors (Lipinski definition) is 0. The second-order valence-electron chi connectivity index (χ2n) is 2.09. The number of amidine groups is 1. The van der Waals surface area contributed by atoms with Gasteiger partial charge in [-0.2, -0.15) is 0 Å². The SMILES string of the molecule is C=CC(=C)N=C(Cl)N(C)CC. The molecule has 0 aromatic rings. The predicted molar refractivity (Wildman–Crippen MR) is 50.9 cm³/mol. The number of rotatable bonds is 3. The highest BCUT2D eigenvalue weighted by molar-refractivity contribution is 6.64. The number of allylic oxidation sites excluding steroid dienone is 1. The van der Waals surface area contributed by atoms with Gasteiger partial charge in [-0.15, -0.1) is 0 Å². The summed E-state index contributed by atoms with van der Waals surface area (Å²) in [7, 11) is 1.86. The third-order valence-electron chi connectivity index (χ3n) is 1.26. The molecule has 0 N–H and O–H groups in total. The summed E-state index contributed by atoms with van der Waals surface area (Å²) in [6.45, 7) is 9.95. The van der Waals surface area contributed by atoms with E-state index in [-0.39, 0.29) is 0 Å². The van der Waals surface area contributed by atoms with E-state index in [0.29, 0.717) is 11.0 Å². The largest absolute Gasteiger partial charge is 0.350 e. The molecule has 0 fully saturated rings. The fourth-order valence-electron chi connectivity index (χ4n) is 0.380. The van der Waals surface area contributed by atoms with Crippen LogP contribution in [0.4, 0.5) is 0 Å². The molecule has 0 aromatic carbocycles. The Morgan fingerprint density at radius 1 is 1.73 bits per heavy atom. The first kappa shape index (κ1) is 10.2. The van der Waals surface area contributed by atoms with Crippen molar-refractivity contribution >= 4 is 16.9 Å². The van der Waals surface area contributed by atoms with Crippen LogP contribution in [0.5, 0.6) is 0 Å². The molecule has 0 rings (SSSR count). The van der Waals surface area contributed by atoms with Gasteiger partial charge >= 0.3 is 0 Å². The highest BCUT2D eigenvalue weighted by atomic mass is 35.5. The molecule has 2 nitrogen and oxygen atoms in total. The van der Waals surface area contributed by atoms with E-state index in [1.165, 1.54) is 0 Å². The minimum atomic E-state index is 0.442. The molecule has 0 atom stereocenters. The Morgan fingerprint density at radius 2 is 2.27 bits per heavy atom. The van der Waals surface area contributed by atoms with Crippen molar-refractivity contribution < 1.29 is 0 Å². The summed E-state index contributed by atoms with van der Waals surface area (Å²) < 4.78 is 0. The minimum Gasteiger partial charge on any atom is -0.350 e. The lowest BCUT2D eigenvalue weighted by atomic mass is 10.5. The maximum Gasteiger partial charge on any atom is 0.198 e. The van der Waals surface area contributed by atoms with Crippen molar-refractivity contribution in [3.63, 3.8) is 0 Å². The van der Waals surface area contributed by atoms with Crippen molar-refractivity contribution in [2.75, 3.05) is 13.6 Å². The Hall–Kier alpha value is -0.760. The molecule has 0 heterocycles. The smallest absolute Gasteiger partial charge is 0.198 e. The molecule has 0 bridgehead atoms. The predicted octanol–water partition coefficient (Wildman–Crippen LogP) is 2.23. The molecule has 0 radical (unpaired) electrons. The molecule has 0 aromatic heterocycles. The van der Waals surface area contributed by atoms with Gasteiger partial charge in [-0.3, -0.25) is 0 Å². The maximum absolute atomic E-state index is 5.77. The van der Waals surface area contributed by atoms with Crippen molar-refractivity contribution in [3.05, 3.63) is 24.9 Å². The van der Waals surface area contributed by atoms with Crippen molar-refractivity contribution in [2.24, 2.45) is 4.99 Å². The summed E-state index contributed by atoms with van der Waals surface area (Å²) in [4.78, 5) is 5.78. The van der Waals surface area contributed by atoms with Crippen LogP contribution in [0.25, 0.3) is 0 Å². The third kappa shape index (κ3) is 3.83. The molecule has 0 aliphatic carbocycles. The molecular formula is C8H13ClN2. The molecule has 0 saturated heterocycles. The van der Waals surface area contributed by atoms with E-state index in [2.05, 4.69) is 18.2 Å². The van der Waals surface area contributed by atoms with Crippen LogP contribution in [0.2, 0.25) is 0 Å². The van der Waals surface area contributed by atoms with Crippen LogP contribution in [0.15, 0.2) is 29.9 Å². The fourth-order valence-corrected chi connectivity index (χ4v) is 0.608. The zero-order valence-electron chi connectivity index (χ0n) is 6.97. The Bertz CT molecular complexity index is 185. The van der Waals surface area contributed by atoms with E-state index in [1.807, 2.05) is 18.9 Å². The molecule has 0 unspecified atom stereocenters. The van der Waals surface area contributed by atoms with Crippen molar-refractivity contribution in [1.82, 2.24) is 4.90 Å².